The van der Waals surface area contributed by atoms with Crippen LogP contribution in [0.1, 0.15) is 32.1 Å². The summed E-state index contributed by atoms with van der Waals surface area (Å²) in [5.74, 6) is -0.398. The van der Waals surface area contributed by atoms with Crippen molar-refractivity contribution in [1.29, 1.82) is 0 Å². The monoisotopic (exact) mass is 278 g/mol. The molecule has 0 aromatic carbocycles. The first-order valence-corrected chi connectivity index (χ1v) is 6.76. The van der Waals surface area contributed by atoms with Crippen LogP contribution >= 0.6 is 0 Å². The molecule has 0 bridgehead atoms. The zero-order valence-electron chi connectivity index (χ0n) is 11.2. The number of hydrogen-bond acceptors (Lipinski definition) is 5. The third kappa shape index (κ3) is 3.11. The molecule has 1 aliphatic carbocycles. The van der Waals surface area contributed by atoms with Crippen LogP contribution in [0.4, 0.5) is 11.5 Å². The summed E-state index contributed by atoms with van der Waals surface area (Å²) in [6.45, 7) is -0.0759. The molecule has 7 nitrogen and oxygen atoms in total. The highest BCUT2D eigenvalue weighted by molar-refractivity contribution is 5.95. The first kappa shape index (κ1) is 14.4. The predicted octanol–water partition coefficient (Wildman–Crippen LogP) is 1.61. The minimum absolute atomic E-state index is 0.0759. The van der Waals surface area contributed by atoms with Gasteiger partial charge in [0.15, 0.2) is 6.20 Å². The Morgan fingerprint density at radius 3 is 2.60 bits per heavy atom. The quantitative estimate of drug-likeness (QED) is 0.665. The maximum atomic E-state index is 12.1. The summed E-state index contributed by atoms with van der Waals surface area (Å²) in [5, 5.41) is 10.6. The first-order chi connectivity index (χ1) is 9.63. The molecule has 0 atom stereocenters. The Kier molecular flexibility index (Phi) is 4.62. The van der Waals surface area contributed by atoms with E-state index in [0.29, 0.717) is 5.69 Å². The van der Waals surface area contributed by atoms with Gasteiger partial charge in [-0.3, -0.25) is 4.79 Å². The standard InChI is InChI=1S/C13H18N4O3/c14-8-13(18)16(10-4-2-1-3-5-10)11-6-7-12(15-9-11)17(19)20/h6-7,9-10H,1-5,8,14H2. The van der Waals surface area contributed by atoms with Gasteiger partial charge in [-0.1, -0.05) is 19.3 Å². The van der Waals surface area contributed by atoms with E-state index in [9.17, 15) is 14.9 Å². The van der Waals surface area contributed by atoms with Crippen molar-refractivity contribution in [3.8, 4) is 0 Å². The zero-order chi connectivity index (χ0) is 14.5. The normalized spacial score (nSPS) is 15.8. The third-order valence-electron chi connectivity index (χ3n) is 3.58. The van der Waals surface area contributed by atoms with Gasteiger partial charge in [0, 0.05) is 12.1 Å². The number of nitrogens with two attached hydrogens (primary N) is 1. The van der Waals surface area contributed by atoms with Crippen LogP contribution in [-0.4, -0.2) is 28.4 Å². The van der Waals surface area contributed by atoms with Crippen LogP contribution in [-0.2, 0) is 4.79 Å². The lowest BCUT2D eigenvalue weighted by Gasteiger charge is -2.33. The number of nitrogens with zero attached hydrogens (tertiary/aromatic N) is 3. The average Bonchev–Trinajstić information content (AvgIpc) is 2.49. The van der Waals surface area contributed by atoms with E-state index in [1.54, 1.807) is 11.0 Å². The van der Waals surface area contributed by atoms with Gasteiger partial charge in [-0.2, -0.15) is 0 Å². The van der Waals surface area contributed by atoms with Crippen LogP contribution in [0.3, 0.4) is 0 Å². The molecule has 1 aromatic heterocycles. The number of rotatable bonds is 4. The van der Waals surface area contributed by atoms with E-state index in [0.717, 1.165) is 25.7 Å². The lowest BCUT2D eigenvalue weighted by molar-refractivity contribution is -0.389. The molecule has 1 fully saturated rings. The second kappa shape index (κ2) is 6.42. The van der Waals surface area contributed by atoms with Crippen LogP contribution in [0.15, 0.2) is 18.3 Å². The van der Waals surface area contributed by atoms with E-state index in [1.165, 1.54) is 18.7 Å². The fourth-order valence-corrected chi connectivity index (χ4v) is 2.62. The fourth-order valence-electron chi connectivity index (χ4n) is 2.62. The highest BCUT2D eigenvalue weighted by Gasteiger charge is 2.27. The summed E-state index contributed by atoms with van der Waals surface area (Å²) in [4.78, 5) is 27.6. The van der Waals surface area contributed by atoms with Gasteiger partial charge in [0.2, 0.25) is 5.91 Å². The van der Waals surface area contributed by atoms with Gasteiger partial charge in [-0.25, -0.2) is 0 Å². The Balaban J connectivity index is 2.25. The Hall–Kier alpha value is -2.02. The van der Waals surface area contributed by atoms with E-state index < -0.39 is 4.92 Å². The smallest absolute Gasteiger partial charge is 0.358 e. The van der Waals surface area contributed by atoms with Crippen molar-refractivity contribution in [2.45, 2.75) is 38.1 Å². The number of carbonyl (C=O) groups is 1. The van der Waals surface area contributed by atoms with Crippen molar-refractivity contribution in [2.75, 3.05) is 11.4 Å². The SMILES string of the molecule is NCC(=O)N(c1ccc([N+](=O)[O-])nc1)C1CCCCC1. The molecular formula is C13H18N4O3. The molecule has 2 N–H and O–H groups in total. The molecule has 1 heterocycles. The third-order valence-corrected chi connectivity index (χ3v) is 3.58. The summed E-state index contributed by atoms with van der Waals surface area (Å²) in [5.41, 5.74) is 6.06. The topological polar surface area (TPSA) is 102 Å². The zero-order valence-corrected chi connectivity index (χ0v) is 11.2. The molecule has 1 aromatic rings. The second-order valence-corrected chi connectivity index (χ2v) is 4.89. The van der Waals surface area contributed by atoms with E-state index in [1.807, 2.05) is 0 Å². The number of nitro groups is 1. The molecule has 1 amide bonds. The van der Waals surface area contributed by atoms with Gasteiger partial charge in [-0.05, 0) is 28.8 Å². The number of aromatic nitrogens is 1. The molecule has 1 aliphatic rings. The summed E-state index contributed by atoms with van der Waals surface area (Å²) in [6, 6.07) is 2.99. The molecular weight excluding hydrogens is 260 g/mol. The maximum Gasteiger partial charge on any atom is 0.363 e. The number of anilines is 1. The van der Waals surface area contributed by atoms with Crippen LogP contribution in [0.5, 0.6) is 0 Å². The first-order valence-electron chi connectivity index (χ1n) is 6.76. The molecule has 0 radical (unpaired) electrons. The van der Waals surface area contributed by atoms with Crippen molar-refractivity contribution >= 4 is 17.4 Å². The molecule has 0 saturated heterocycles. The molecule has 2 rings (SSSR count). The molecule has 20 heavy (non-hydrogen) atoms. The van der Waals surface area contributed by atoms with Crippen LogP contribution < -0.4 is 10.6 Å². The largest absolute Gasteiger partial charge is 0.363 e. The highest BCUT2D eigenvalue weighted by Crippen LogP contribution is 2.27. The van der Waals surface area contributed by atoms with Crippen LogP contribution in [0, 0.1) is 10.1 Å². The van der Waals surface area contributed by atoms with Gasteiger partial charge in [0.05, 0.1) is 12.2 Å². The van der Waals surface area contributed by atoms with Gasteiger partial charge in [0.25, 0.3) is 0 Å². The number of carbonyl (C=O) groups excluding carboxylic acids is 1. The van der Waals surface area contributed by atoms with E-state index in [-0.39, 0.29) is 24.3 Å². The molecule has 0 aliphatic heterocycles. The molecule has 0 unspecified atom stereocenters. The van der Waals surface area contributed by atoms with Crippen molar-refractivity contribution in [1.82, 2.24) is 4.98 Å². The highest BCUT2D eigenvalue weighted by atomic mass is 16.6. The predicted molar refractivity (Wildman–Crippen MR) is 74.3 cm³/mol. The van der Waals surface area contributed by atoms with Crippen molar-refractivity contribution in [2.24, 2.45) is 5.73 Å². The summed E-state index contributed by atoms with van der Waals surface area (Å²) in [6.07, 6.45) is 6.59. The minimum Gasteiger partial charge on any atom is -0.358 e. The Morgan fingerprint density at radius 1 is 1.40 bits per heavy atom. The lowest BCUT2D eigenvalue weighted by Crippen LogP contribution is -2.44. The Labute approximate surface area is 116 Å². The minimum atomic E-state index is -0.556. The summed E-state index contributed by atoms with van der Waals surface area (Å²) in [7, 11) is 0. The number of hydrogen-bond donors (Lipinski definition) is 1. The van der Waals surface area contributed by atoms with Gasteiger partial charge in [0.1, 0.15) is 0 Å². The van der Waals surface area contributed by atoms with Crippen molar-refractivity contribution < 1.29 is 9.72 Å². The maximum absolute atomic E-state index is 12.1. The van der Waals surface area contributed by atoms with Crippen LogP contribution in [0.2, 0.25) is 0 Å². The molecule has 0 spiro atoms. The molecule has 1 saturated carbocycles. The van der Waals surface area contributed by atoms with Crippen molar-refractivity contribution in [3.63, 3.8) is 0 Å². The Bertz CT molecular complexity index is 483. The average molecular weight is 278 g/mol. The van der Waals surface area contributed by atoms with Crippen molar-refractivity contribution in [3.05, 3.63) is 28.4 Å². The number of pyridine rings is 1. The number of amides is 1. The van der Waals surface area contributed by atoms with Crippen LogP contribution in [0.25, 0.3) is 0 Å². The second-order valence-electron chi connectivity index (χ2n) is 4.89. The summed E-state index contributed by atoms with van der Waals surface area (Å²) < 4.78 is 0. The summed E-state index contributed by atoms with van der Waals surface area (Å²) >= 11 is 0. The van der Waals surface area contributed by atoms with E-state index in [2.05, 4.69) is 4.98 Å². The molecule has 108 valence electrons. The lowest BCUT2D eigenvalue weighted by atomic mass is 9.94. The van der Waals surface area contributed by atoms with E-state index in [4.69, 9.17) is 5.73 Å². The van der Waals surface area contributed by atoms with Gasteiger partial charge in [-0.15, -0.1) is 0 Å². The fraction of sp³-hybridized carbons (Fsp3) is 0.538. The Morgan fingerprint density at radius 2 is 2.10 bits per heavy atom. The molecule has 7 heteroatoms. The van der Waals surface area contributed by atoms with Gasteiger partial charge >= 0.3 is 5.82 Å². The van der Waals surface area contributed by atoms with E-state index >= 15 is 0 Å². The van der Waals surface area contributed by atoms with Gasteiger partial charge < -0.3 is 20.7 Å².